The molecular formula is C17H25N3O4S. The van der Waals surface area contributed by atoms with Crippen molar-refractivity contribution in [2.45, 2.75) is 37.8 Å². The van der Waals surface area contributed by atoms with Crippen LogP contribution in [0.3, 0.4) is 0 Å². The zero-order chi connectivity index (χ0) is 17.6. The zero-order valence-corrected chi connectivity index (χ0v) is 15.4. The van der Waals surface area contributed by atoms with Gasteiger partial charge in [0.15, 0.2) is 0 Å². The van der Waals surface area contributed by atoms with E-state index in [1.807, 2.05) is 9.80 Å². The summed E-state index contributed by atoms with van der Waals surface area (Å²) >= 11 is 1.42. The number of thiazole rings is 1. The smallest absolute Gasteiger partial charge is 0.273 e. The van der Waals surface area contributed by atoms with Crippen LogP contribution < -0.4 is 0 Å². The molecule has 2 aliphatic rings. The van der Waals surface area contributed by atoms with Crippen molar-refractivity contribution in [3.63, 3.8) is 0 Å². The average Bonchev–Trinajstić information content (AvgIpc) is 3.17. The molecule has 7 nitrogen and oxygen atoms in total. The van der Waals surface area contributed by atoms with Crippen molar-refractivity contribution >= 4 is 23.2 Å². The van der Waals surface area contributed by atoms with E-state index in [2.05, 4.69) is 4.98 Å². The second-order valence-corrected chi connectivity index (χ2v) is 7.22. The summed E-state index contributed by atoms with van der Waals surface area (Å²) in [7, 11) is 1.54. The van der Waals surface area contributed by atoms with E-state index < -0.39 is 0 Å². The first-order valence-corrected chi connectivity index (χ1v) is 9.70. The Bertz CT molecular complexity index is 574. The van der Waals surface area contributed by atoms with Crippen LogP contribution in [0.25, 0.3) is 0 Å². The highest BCUT2D eigenvalue weighted by molar-refractivity contribution is 7.07. The van der Waals surface area contributed by atoms with Gasteiger partial charge in [0.1, 0.15) is 12.3 Å². The van der Waals surface area contributed by atoms with Gasteiger partial charge in [0.05, 0.1) is 5.51 Å². The zero-order valence-electron chi connectivity index (χ0n) is 14.6. The normalized spacial score (nSPS) is 22.0. The molecule has 0 saturated carbocycles. The van der Waals surface area contributed by atoms with Crippen LogP contribution in [0.5, 0.6) is 0 Å². The van der Waals surface area contributed by atoms with E-state index in [4.69, 9.17) is 9.47 Å². The predicted octanol–water partition coefficient (Wildman–Crippen LogP) is 1.40. The summed E-state index contributed by atoms with van der Waals surface area (Å²) in [5.41, 5.74) is 2.16. The lowest BCUT2D eigenvalue weighted by Gasteiger charge is -2.44. The molecule has 0 spiro atoms. The van der Waals surface area contributed by atoms with Gasteiger partial charge >= 0.3 is 0 Å². The molecule has 2 aliphatic heterocycles. The summed E-state index contributed by atoms with van der Waals surface area (Å²) in [6.45, 7) is 2.70. The molecular weight excluding hydrogens is 342 g/mol. The lowest BCUT2D eigenvalue weighted by atomic mass is 9.98. The highest BCUT2D eigenvalue weighted by Gasteiger charge is 2.35. The standard InChI is InChI=1S/C17H25N3O4S/c1-23-10-16(21)20(13-4-7-24-8-5-13)14-3-2-6-19(9-14)17(22)15-11-25-12-18-15/h11-14H,2-10H2,1H3. The Morgan fingerprint density at radius 3 is 2.84 bits per heavy atom. The summed E-state index contributed by atoms with van der Waals surface area (Å²) in [5, 5.41) is 1.78. The van der Waals surface area contributed by atoms with Gasteiger partial charge in [-0.15, -0.1) is 11.3 Å². The van der Waals surface area contributed by atoms with Crippen LogP contribution >= 0.6 is 11.3 Å². The largest absolute Gasteiger partial charge is 0.381 e. The van der Waals surface area contributed by atoms with Crippen LogP contribution in [-0.4, -0.2) is 78.7 Å². The number of carbonyl (C=O) groups excluding carboxylic acids is 2. The van der Waals surface area contributed by atoms with Gasteiger partial charge in [-0.1, -0.05) is 0 Å². The number of aromatic nitrogens is 1. The summed E-state index contributed by atoms with van der Waals surface area (Å²) in [5.74, 6) is -0.0422. The van der Waals surface area contributed by atoms with Crippen molar-refractivity contribution in [2.75, 3.05) is 40.0 Å². The molecule has 0 radical (unpaired) electrons. The molecule has 1 aromatic rings. The summed E-state index contributed by atoms with van der Waals surface area (Å²) in [6.07, 6.45) is 3.48. The lowest BCUT2D eigenvalue weighted by molar-refractivity contribution is -0.143. The molecule has 25 heavy (non-hydrogen) atoms. The number of methoxy groups -OCH3 is 1. The fourth-order valence-electron chi connectivity index (χ4n) is 3.71. The highest BCUT2D eigenvalue weighted by atomic mass is 32.1. The Kier molecular flexibility index (Phi) is 6.39. The highest BCUT2D eigenvalue weighted by Crippen LogP contribution is 2.24. The van der Waals surface area contributed by atoms with Crippen molar-refractivity contribution in [2.24, 2.45) is 0 Å². The Labute approximate surface area is 151 Å². The lowest BCUT2D eigenvalue weighted by Crippen LogP contribution is -2.56. The molecule has 2 amide bonds. The minimum Gasteiger partial charge on any atom is -0.381 e. The number of hydrogen-bond donors (Lipinski definition) is 0. The molecule has 3 heterocycles. The molecule has 0 aliphatic carbocycles. The number of nitrogens with zero attached hydrogens (tertiary/aromatic N) is 3. The van der Waals surface area contributed by atoms with Crippen molar-refractivity contribution in [1.29, 1.82) is 0 Å². The first-order valence-electron chi connectivity index (χ1n) is 8.76. The maximum Gasteiger partial charge on any atom is 0.273 e. The van der Waals surface area contributed by atoms with Gasteiger partial charge in [-0.2, -0.15) is 0 Å². The Morgan fingerprint density at radius 1 is 1.36 bits per heavy atom. The van der Waals surface area contributed by atoms with Crippen LogP contribution in [0.2, 0.25) is 0 Å². The van der Waals surface area contributed by atoms with Crippen molar-refractivity contribution < 1.29 is 19.1 Å². The van der Waals surface area contributed by atoms with Crippen LogP contribution in [-0.2, 0) is 14.3 Å². The maximum atomic E-state index is 12.7. The fraction of sp³-hybridized carbons (Fsp3) is 0.706. The van der Waals surface area contributed by atoms with Crippen LogP contribution in [0.4, 0.5) is 0 Å². The molecule has 8 heteroatoms. The predicted molar refractivity (Wildman–Crippen MR) is 93.6 cm³/mol. The van der Waals surface area contributed by atoms with Gasteiger partial charge in [-0.25, -0.2) is 4.98 Å². The molecule has 2 saturated heterocycles. The van der Waals surface area contributed by atoms with E-state index in [1.54, 1.807) is 18.0 Å². The number of likely N-dealkylation sites (tertiary alicyclic amines) is 1. The van der Waals surface area contributed by atoms with E-state index in [0.29, 0.717) is 32.0 Å². The number of ether oxygens (including phenoxy) is 2. The third-order valence-electron chi connectivity index (χ3n) is 4.87. The third kappa shape index (κ3) is 4.37. The topological polar surface area (TPSA) is 72.0 Å². The second kappa shape index (κ2) is 8.73. The average molecular weight is 367 g/mol. The molecule has 0 aromatic carbocycles. The summed E-state index contributed by atoms with van der Waals surface area (Å²) in [6, 6.07) is 0.192. The fourth-order valence-corrected chi connectivity index (χ4v) is 4.24. The Hall–Kier alpha value is -1.51. The molecule has 2 fully saturated rings. The number of hydrogen-bond acceptors (Lipinski definition) is 6. The van der Waals surface area contributed by atoms with Crippen molar-refractivity contribution in [3.8, 4) is 0 Å². The molecule has 3 rings (SSSR count). The minimum absolute atomic E-state index is 0.00218. The Morgan fingerprint density at radius 2 is 2.16 bits per heavy atom. The number of piperidine rings is 1. The van der Waals surface area contributed by atoms with E-state index in [0.717, 1.165) is 25.7 Å². The summed E-state index contributed by atoms with van der Waals surface area (Å²) in [4.78, 5) is 33.2. The van der Waals surface area contributed by atoms with Gasteiger partial charge in [0.2, 0.25) is 5.91 Å². The molecule has 0 bridgehead atoms. The van der Waals surface area contributed by atoms with Gasteiger partial charge in [-0.05, 0) is 25.7 Å². The quantitative estimate of drug-likeness (QED) is 0.787. The number of carbonyl (C=O) groups is 2. The SMILES string of the molecule is COCC(=O)N(C1CCOCC1)C1CCCN(C(=O)c2cscn2)C1. The Balaban J connectivity index is 1.72. The van der Waals surface area contributed by atoms with E-state index in [-0.39, 0.29) is 30.5 Å². The number of amides is 2. The van der Waals surface area contributed by atoms with Crippen LogP contribution in [0.1, 0.15) is 36.2 Å². The van der Waals surface area contributed by atoms with Gasteiger partial charge in [0.25, 0.3) is 5.91 Å². The minimum atomic E-state index is -0.0444. The first-order chi connectivity index (χ1) is 12.2. The molecule has 138 valence electrons. The molecule has 1 unspecified atom stereocenters. The van der Waals surface area contributed by atoms with Crippen molar-refractivity contribution in [3.05, 3.63) is 16.6 Å². The van der Waals surface area contributed by atoms with Crippen LogP contribution in [0, 0.1) is 0 Å². The molecule has 0 N–H and O–H groups in total. The van der Waals surface area contributed by atoms with Crippen molar-refractivity contribution in [1.82, 2.24) is 14.8 Å². The maximum absolute atomic E-state index is 12.7. The third-order valence-corrected chi connectivity index (χ3v) is 5.46. The van der Waals surface area contributed by atoms with Crippen LogP contribution in [0.15, 0.2) is 10.9 Å². The first kappa shape index (κ1) is 18.3. The van der Waals surface area contributed by atoms with Gasteiger partial charge in [0, 0.05) is 50.9 Å². The van der Waals surface area contributed by atoms with E-state index >= 15 is 0 Å². The number of rotatable bonds is 5. The van der Waals surface area contributed by atoms with E-state index in [9.17, 15) is 9.59 Å². The van der Waals surface area contributed by atoms with E-state index in [1.165, 1.54) is 11.3 Å². The second-order valence-electron chi connectivity index (χ2n) is 6.50. The van der Waals surface area contributed by atoms with Gasteiger partial charge in [-0.3, -0.25) is 9.59 Å². The molecule has 1 aromatic heterocycles. The van der Waals surface area contributed by atoms with Gasteiger partial charge < -0.3 is 19.3 Å². The monoisotopic (exact) mass is 367 g/mol. The molecule has 1 atom stereocenters. The summed E-state index contributed by atoms with van der Waals surface area (Å²) < 4.78 is 10.5.